The highest BCUT2D eigenvalue weighted by Gasteiger charge is 2.29. The van der Waals surface area contributed by atoms with Crippen LogP contribution in [0.25, 0.3) is 0 Å². The molecule has 4 heteroatoms. The normalized spacial score (nSPS) is 28.3. The molecule has 0 spiro atoms. The first-order valence-electron chi connectivity index (χ1n) is 7.99. The molecule has 21 heavy (non-hydrogen) atoms. The van der Waals surface area contributed by atoms with E-state index in [4.69, 9.17) is 4.74 Å². The lowest BCUT2D eigenvalue weighted by atomic mass is 9.87. The zero-order valence-electron chi connectivity index (χ0n) is 12.6. The molecule has 2 N–H and O–H groups in total. The van der Waals surface area contributed by atoms with Crippen LogP contribution >= 0.6 is 0 Å². The Morgan fingerprint density at radius 1 is 1.38 bits per heavy atom. The van der Waals surface area contributed by atoms with Gasteiger partial charge >= 0.3 is 0 Å². The number of hydrogen-bond donors (Lipinski definition) is 2. The number of benzene rings is 1. The maximum Gasteiger partial charge on any atom is 0.227 e. The van der Waals surface area contributed by atoms with E-state index in [1.54, 1.807) is 0 Å². The molecule has 0 aliphatic carbocycles. The Kier molecular flexibility index (Phi) is 4.44. The van der Waals surface area contributed by atoms with E-state index in [2.05, 4.69) is 29.7 Å². The van der Waals surface area contributed by atoms with E-state index < -0.39 is 0 Å². The smallest absolute Gasteiger partial charge is 0.227 e. The Hall–Kier alpha value is -1.55. The van der Waals surface area contributed by atoms with E-state index >= 15 is 0 Å². The quantitative estimate of drug-likeness (QED) is 0.899. The predicted octanol–water partition coefficient (Wildman–Crippen LogP) is 2.66. The van der Waals surface area contributed by atoms with Crippen molar-refractivity contribution in [1.29, 1.82) is 0 Å². The minimum atomic E-state index is -0.0546. The van der Waals surface area contributed by atoms with Crippen LogP contribution < -0.4 is 10.6 Å². The Labute approximate surface area is 126 Å². The second-order valence-corrected chi connectivity index (χ2v) is 6.15. The van der Waals surface area contributed by atoms with Crippen LogP contribution in [0.5, 0.6) is 0 Å². The van der Waals surface area contributed by atoms with Crippen LogP contribution in [0.15, 0.2) is 24.3 Å². The first kappa shape index (κ1) is 14.4. The molecule has 3 rings (SSSR count). The SMILES string of the molecule is CC1CC(C(=O)NCC2CCCCO2)c2ccccc2N1. The van der Waals surface area contributed by atoms with Crippen molar-refractivity contribution in [3.8, 4) is 0 Å². The molecule has 1 amide bonds. The third-order valence-corrected chi connectivity index (χ3v) is 4.42. The minimum absolute atomic E-state index is 0.0546. The highest BCUT2D eigenvalue weighted by atomic mass is 16.5. The molecule has 0 aromatic heterocycles. The van der Waals surface area contributed by atoms with Gasteiger partial charge in [0.1, 0.15) is 0 Å². The van der Waals surface area contributed by atoms with Gasteiger partial charge in [0.25, 0.3) is 0 Å². The summed E-state index contributed by atoms with van der Waals surface area (Å²) in [5.74, 6) is 0.0750. The second kappa shape index (κ2) is 6.48. The fourth-order valence-corrected chi connectivity index (χ4v) is 3.29. The van der Waals surface area contributed by atoms with E-state index in [0.717, 1.165) is 37.1 Å². The van der Waals surface area contributed by atoms with Crippen LogP contribution in [0.1, 0.15) is 44.1 Å². The highest BCUT2D eigenvalue weighted by Crippen LogP contribution is 2.34. The summed E-state index contributed by atoms with van der Waals surface area (Å²) in [5, 5.41) is 6.54. The average Bonchev–Trinajstić information content (AvgIpc) is 2.52. The predicted molar refractivity (Wildman–Crippen MR) is 83.5 cm³/mol. The molecule has 1 aromatic carbocycles. The van der Waals surface area contributed by atoms with Crippen LogP contribution in [0, 0.1) is 0 Å². The summed E-state index contributed by atoms with van der Waals surface area (Å²) in [6, 6.07) is 8.43. The van der Waals surface area contributed by atoms with Crippen LogP contribution in [0.4, 0.5) is 5.69 Å². The molecule has 0 saturated carbocycles. The molecule has 2 aliphatic rings. The van der Waals surface area contributed by atoms with Crippen molar-refractivity contribution in [2.24, 2.45) is 0 Å². The van der Waals surface area contributed by atoms with Gasteiger partial charge in [-0.3, -0.25) is 4.79 Å². The molecule has 1 saturated heterocycles. The fraction of sp³-hybridized carbons (Fsp3) is 0.588. The standard InChI is InChI=1S/C17H24N2O2/c1-12-10-15(14-7-2-3-8-16(14)19-12)17(20)18-11-13-6-4-5-9-21-13/h2-3,7-8,12-13,15,19H,4-6,9-11H2,1H3,(H,18,20). The molecule has 1 fully saturated rings. The van der Waals surface area contributed by atoms with E-state index in [0.29, 0.717) is 12.6 Å². The number of carbonyl (C=O) groups excluding carboxylic acids is 1. The number of rotatable bonds is 3. The zero-order chi connectivity index (χ0) is 14.7. The topological polar surface area (TPSA) is 50.4 Å². The summed E-state index contributed by atoms with van der Waals surface area (Å²) in [7, 11) is 0. The number of carbonyl (C=O) groups is 1. The number of hydrogen-bond acceptors (Lipinski definition) is 3. The number of para-hydroxylation sites is 1. The van der Waals surface area contributed by atoms with Gasteiger partial charge in [-0.25, -0.2) is 0 Å². The van der Waals surface area contributed by atoms with Gasteiger partial charge in [-0.1, -0.05) is 18.2 Å². The molecule has 2 aliphatic heterocycles. The highest BCUT2D eigenvalue weighted by molar-refractivity contribution is 5.86. The molecular formula is C17H24N2O2. The van der Waals surface area contributed by atoms with E-state index in [1.807, 2.05) is 12.1 Å². The summed E-state index contributed by atoms with van der Waals surface area (Å²) >= 11 is 0. The average molecular weight is 288 g/mol. The Morgan fingerprint density at radius 3 is 3.05 bits per heavy atom. The van der Waals surface area contributed by atoms with Gasteiger partial charge in [0.15, 0.2) is 0 Å². The van der Waals surface area contributed by atoms with Gasteiger partial charge in [0.2, 0.25) is 5.91 Å². The molecular weight excluding hydrogens is 264 g/mol. The van der Waals surface area contributed by atoms with Crippen molar-refractivity contribution in [2.45, 2.75) is 50.7 Å². The summed E-state index contributed by atoms with van der Waals surface area (Å²) in [6.45, 7) is 3.59. The fourth-order valence-electron chi connectivity index (χ4n) is 3.29. The minimum Gasteiger partial charge on any atom is -0.382 e. The third-order valence-electron chi connectivity index (χ3n) is 4.42. The summed E-state index contributed by atoms with van der Waals surface area (Å²) in [6.07, 6.45) is 4.43. The van der Waals surface area contributed by atoms with Crippen LogP contribution in [0.3, 0.4) is 0 Å². The molecule has 3 atom stereocenters. The van der Waals surface area contributed by atoms with Crippen molar-refractivity contribution in [3.05, 3.63) is 29.8 Å². The van der Waals surface area contributed by atoms with Crippen LogP contribution in [0.2, 0.25) is 0 Å². The number of ether oxygens (including phenoxy) is 1. The first-order chi connectivity index (χ1) is 10.2. The van der Waals surface area contributed by atoms with E-state index in [-0.39, 0.29) is 17.9 Å². The molecule has 4 nitrogen and oxygen atoms in total. The van der Waals surface area contributed by atoms with E-state index in [9.17, 15) is 4.79 Å². The number of amides is 1. The van der Waals surface area contributed by atoms with Crippen molar-refractivity contribution < 1.29 is 9.53 Å². The van der Waals surface area contributed by atoms with Gasteiger partial charge in [-0.05, 0) is 44.2 Å². The summed E-state index contributed by atoms with van der Waals surface area (Å²) in [4.78, 5) is 12.6. The number of nitrogens with one attached hydrogen (secondary N) is 2. The van der Waals surface area contributed by atoms with Crippen LogP contribution in [-0.4, -0.2) is 31.2 Å². The van der Waals surface area contributed by atoms with E-state index in [1.165, 1.54) is 6.42 Å². The van der Waals surface area contributed by atoms with Gasteiger partial charge in [-0.2, -0.15) is 0 Å². The lowest BCUT2D eigenvalue weighted by molar-refractivity contribution is -0.123. The van der Waals surface area contributed by atoms with Crippen molar-refractivity contribution in [2.75, 3.05) is 18.5 Å². The monoisotopic (exact) mass is 288 g/mol. The second-order valence-electron chi connectivity index (χ2n) is 6.15. The largest absolute Gasteiger partial charge is 0.382 e. The molecule has 114 valence electrons. The Morgan fingerprint density at radius 2 is 2.24 bits per heavy atom. The first-order valence-corrected chi connectivity index (χ1v) is 7.99. The molecule has 0 bridgehead atoms. The summed E-state index contributed by atoms with van der Waals surface area (Å²) < 4.78 is 5.68. The van der Waals surface area contributed by atoms with Gasteiger partial charge in [0, 0.05) is 24.9 Å². The molecule has 1 aromatic rings. The van der Waals surface area contributed by atoms with Crippen molar-refractivity contribution >= 4 is 11.6 Å². The summed E-state index contributed by atoms with van der Waals surface area (Å²) in [5.41, 5.74) is 2.20. The Bertz CT molecular complexity index is 497. The lowest BCUT2D eigenvalue weighted by Crippen LogP contribution is -2.40. The maximum absolute atomic E-state index is 12.6. The van der Waals surface area contributed by atoms with Crippen LogP contribution in [-0.2, 0) is 9.53 Å². The van der Waals surface area contributed by atoms with Gasteiger partial charge in [0.05, 0.1) is 12.0 Å². The van der Waals surface area contributed by atoms with Crippen molar-refractivity contribution in [3.63, 3.8) is 0 Å². The third kappa shape index (κ3) is 3.38. The maximum atomic E-state index is 12.6. The molecule has 3 unspecified atom stereocenters. The zero-order valence-corrected chi connectivity index (χ0v) is 12.6. The number of fused-ring (bicyclic) bond motifs is 1. The molecule has 2 heterocycles. The van der Waals surface area contributed by atoms with Gasteiger partial charge in [-0.15, -0.1) is 0 Å². The molecule has 0 radical (unpaired) electrons. The van der Waals surface area contributed by atoms with Crippen molar-refractivity contribution in [1.82, 2.24) is 5.32 Å². The lowest BCUT2D eigenvalue weighted by Gasteiger charge is -2.31. The Balaban J connectivity index is 1.64. The van der Waals surface area contributed by atoms with Gasteiger partial charge < -0.3 is 15.4 Å². The number of anilines is 1.